The molecule has 0 aliphatic carbocycles. The molecule has 0 spiro atoms. The lowest BCUT2D eigenvalue weighted by Crippen LogP contribution is -2.48. The first-order chi connectivity index (χ1) is 8.20. The molecule has 1 aromatic carbocycles. The van der Waals surface area contributed by atoms with Crippen LogP contribution in [-0.2, 0) is 0 Å². The summed E-state index contributed by atoms with van der Waals surface area (Å²) in [6.45, 7) is 6.73. The molecule has 17 heavy (non-hydrogen) atoms. The van der Waals surface area contributed by atoms with Gasteiger partial charge in [-0.15, -0.1) is 11.8 Å². The normalized spacial score (nSPS) is 18.1. The Kier molecular flexibility index (Phi) is 4.48. The topological polar surface area (TPSA) is 24.1 Å². The quantitative estimate of drug-likeness (QED) is 0.786. The van der Waals surface area contributed by atoms with E-state index in [0.29, 0.717) is 11.3 Å². The van der Waals surface area contributed by atoms with E-state index in [1.807, 2.05) is 11.8 Å². The maximum absolute atomic E-state index is 3.43. The predicted molar refractivity (Wildman–Crippen MR) is 75.6 cm³/mol. The van der Waals surface area contributed by atoms with Crippen molar-refractivity contribution in [1.29, 1.82) is 0 Å². The van der Waals surface area contributed by atoms with Gasteiger partial charge in [0.2, 0.25) is 0 Å². The van der Waals surface area contributed by atoms with Crippen molar-refractivity contribution in [2.75, 3.05) is 20.1 Å². The number of hydrogen-bond acceptors (Lipinski definition) is 3. The average molecular weight is 250 g/mol. The first-order valence-electron chi connectivity index (χ1n) is 6.35. The van der Waals surface area contributed by atoms with E-state index in [9.17, 15) is 0 Å². The van der Waals surface area contributed by atoms with Crippen molar-refractivity contribution < 1.29 is 0 Å². The fourth-order valence-electron chi connectivity index (χ4n) is 2.25. The van der Waals surface area contributed by atoms with Gasteiger partial charge in [-0.3, -0.25) is 0 Å². The second kappa shape index (κ2) is 5.89. The third-order valence-corrected chi connectivity index (χ3v) is 4.22. The third kappa shape index (κ3) is 3.24. The van der Waals surface area contributed by atoms with Gasteiger partial charge in [0.1, 0.15) is 0 Å². The van der Waals surface area contributed by atoms with Crippen LogP contribution in [0.1, 0.15) is 25.5 Å². The van der Waals surface area contributed by atoms with Crippen molar-refractivity contribution in [1.82, 2.24) is 10.6 Å². The second-order valence-electron chi connectivity index (χ2n) is 4.92. The highest BCUT2D eigenvalue weighted by Crippen LogP contribution is 2.28. The van der Waals surface area contributed by atoms with Gasteiger partial charge < -0.3 is 10.6 Å². The van der Waals surface area contributed by atoms with Crippen LogP contribution in [0.25, 0.3) is 0 Å². The molecule has 1 aromatic rings. The molecule has 0 radical (unpaired) electrons. The van der Waals surface area contributed by atoms with E-state index in [4.69, 9.17) is 0 Å². The van der Waals surface area contributed by atoms with E-state index >= 15 is 0 Å². The SMILES string of the molecule is CNC(c1ccc(SC(C)C)cc1)C1CNC1. The lowest BCUT2D eigenvalue weighted by atomic mass is 9.89. The summed E-state index contributed by atoms with van der Waals surface area (Å²) in [6.07, 6.45) is 0. The van der Waals surface area contributed by atoms with E-state index < -0.39 is 0 Å². The highest BCUT2D eigenvalue weighted by Gasteiger charge is 2.26. The van der Waals surface area contributed by atoms with Crippen LogP contribution in [0.2, 0.25) is 0 Å². The molecular weight excluding hydrogens is 228 g/mol. The molecule has 1 aliphatic rings. The molecule has 1 atom stereocenters. The van der Waals surface area contributed by atoms with E-state index in [-0.39, 0.29) is 0 Å². The molecule has 1 saturated heterocycles. The van der Waals surface area contributed by atoms with Gasteiger partial charge in [0, 0.05) is 35.2 Å². The van der Waals surface area contributed by atoms with Gasteiger partial charge in [-0.2, -0.15) is 0 Å². The molecule has 1 unspecified atom stereocenters. The van der Waals surface area contributed by atoms with Gasteiger partial charge in [0.15, 0.2) is 0 Å². The van der Waals surface area contributed by atoms with Crippen LogP contribution in [0.5, 0.6) is 0 Å². The van der Waals surface area contributed by atoms with E-state index in [1.165, 1.54) is 10.5 Å². The smallest absolute Gasteiger partial charge is 0.0370 e. The Balaban J connectivity index is 2.04. The Bertz CT molecular complexity index is 344. The molecular formula is C14H22N2S. The van der Waals surface area contributed by atoms with Gasteiger partial charge in [0.25, 0.3) is 0 Å². The number of nitrogens with one attached hydrogen (secondary N) is 2. The average Bonchev–Trinajstić information content (AvgIpc) is 2.23. The van der Waals surface area contributed by atoms with Crippen LogP contribution >= 0.6 is 11.8 Å². The molecule has 0 amide bonds. The van der Waals surface area contributed by atoms with Gasteiger partial charge in [-0.05, 0) is 24.7 Å². The van der Waals surface area contributed by atoms with Crippen LogP contribution in [0, 0.1) is 5.92 Å². The van der Waals surface area contributed by atoms with Crippen LogP contribution in [0.4, 0.5) is 0 Å². The van der Waals surface area contributed by atoms with Crippen molar-refractivity contribution in [2.45, 2.75) is 30.0 Å². The molecule has 0 saturated carbocycles. The zero-order chi connectivity index (χ0) is 12.3. The Morgan fingerprint density at radius 1 is 1.24 bits per heavy atom. The summed E-state index contributed by atoms with van der Waals surface area (Å²) < 4.78 is 0. The zero-order valence-electron chi connectivity index (χ0n) is 10.9. The number of hydrogen-bond donors (Lipinski definition) is 2. The molecule has 2 nitrogen and oxygen atoms in total. The predicted octanol–water partition coefficient (Wildman–Crippen LogP) is 2.67. The zero-order valence-corrected chi connectivity index (χ0v) is 11.7. The molecule has 2 N–H and O–H groups in total. The molecule has 1 heterocycles. The second-order valence-corrected chi connectivity index (χ2v) is 6.57. The summed E-state index contributed by atoms with van der Waals surface area (Å²) in [7, 11) is 2.06. The maximum Gasteiger partial charge on any atom is 0.0370 e. The highest BCUT2D eigenvalue weighted by molar-refractivity contribution is 7.99. The largest absolute Gasteiger partial charge is 0.316 e. The van der Waals surface area contributed by atoms with Crippen molar-refractivity contribution in [3.8, 4) is 0 Å². The molecule has 0 aromatic heterocycles. The molecule has 3 heteroatoms. The third-order valence-electron chi connectivity index (χ3n) is 3.21. The first-order valence-corrected chi connectivity index (χ1v) is 7.23. The number of benzene rings is 1. The van der Waals surface area contributed by atoms with E-state index in [1.54, 1.807) is 0 Å². The molecule has 1 fully saturated rings. The van der Waals surface area contributed by atoms with Crippen LogP contribution < -0.4 is 10.6 Å². The van der Waals surface area contributed by atoms with Crippen LogP contribution in [-0.4, -0.2) is 25.4 Å². The Morgan fingerprint density at radius 2 is 1.88 bits per heavy atom. The van der Waals surface area contributed by atoms with Gasteiger partial charge in [-0.1, -0.05) is 26.0 Å². The Hall–Kier alpha value is -0.510. The summed E-state index contributed by atoms with van der Waals surface area (Å²) in [5, 5.41) is 7.42. The number of thioether (sulfide) groups is 1. The molecule has 94 valence electrons. The van der Waals surface area contributed by atoms with Crippen molar-refractivity contribution in [3.63, 3.8) is 0 Å². The number of rotatable bonds is 5. The monoisotopic (exact) mass is 250 g/mol. The summed E-state index contributed by atoms with van der Waals surface area (Å²) in [5.41, 5.74) is 1.41. The molecule has 0 bridgehead atoms. The lowest BCUT2D eigenvalue weighted by molar-refractivity contribution is 0.268. The molecule has 1 aliphatic heterocycles. The fourth-order valence-corrected chi connectivity index (χ4v) is 3.08. The van der Waals surface area contributed by atoms with Crippen molar-refractivity contribution in [3.05, 3.63) is 29.8 Å². The summed E-state index contributed by atoms with van der Waals surface area (Å²) >= 11 is 1.92. The summed E-state index contributed by atoms with van der Waals surface area (Å²) in [6, 6.07) is 9.52. The van der Waals surface area contributed by atoms with E-state index in [2.05, 4.69) is 55.8 Å². The van der Waals surface area contributed by atoms with Gasteiger partial charge in [0.05, 0.1) is 0 Å². The first kappa shape index (κ1) is 12.9. The van der Waals surface area contributed by atoms with Crippen molar-refractivity contribution in [2.24, 2.45) is 5.92 Å². The Morgan fingerprint density at radius 3 is 2.29 bits per heavy atom. The molecule has 2 rings (SSSR count). The lowest BCUT2D eigenvalue weighted by Gasteiger charge is -2.35. The Labute approximate surface area is 109 Å². The van der Waals surface area contributed by atoms with Crippen LogP contribution in [0.3, 0.4) is 0 Å². The summed E-state index contributed by atoms with van der Waals surface area (Å²) in [5.74, 6) is 0.739. The standard InChI is InChI=1S/C14H22N2S/c1-10(2)17-13-6-4-11(5-7-13)14(15-3)12-8-16-9-12/h4-7,10,12,14-16H,8-9H2,1-3H3. The fraction of sp³-hybridized carbons (Fsp3) is 0.571. The maximum atomic E-state index is 3.43. The van der Waals surface area contributed by atoms with Crippen LogP contribution in [0.15, 0.2) is 29.2 Å². The minimum atomic E-state index is 0.495. The minimum Gasteiger partial charge on any atom is -0.316 e. The van der Waals surface area contributed by atoms with E-state index in [0.717, 1.165) is 19.0 Å². The summed E-state index contributed by atoms with van der Waals surface area (Å²) in [4.78, 5) is 1.37. The minimum absolute atomic E-state index is 0.495. The van der Waals surface area contributed by atoms with Gasteiger partial charge in [-0.25, -0.2) is 0 Å². The highest BCUT2D eigenvalue weighted by atomic mass is 32.2. The van der Waals surface area contributed by atoms with Gasteiger partial charge >= 0.3 is 0 Å². The van der Waals surface area contributed by atoms with Crippen molar-refractivity contribution >= 4 is 11.8 Å².